The number of hydrogen-bond donors (Lipinski definition) is 3. The third kappa shape index (κ3) is 19.2. The van der Waals surface area contributed by atoms with Crippen molar-refractivity contribution >= 4 is 34.5 Å². The van der Waals surface area contributed by atoms with Crippen LogP contribution in [0.1, 0.15) is 111 Å². The molecule has 0 radical (unpaired) electrons. The monoisotopic (exact) mass is 705 g/mol. The highest BCUT2D eigenvalue weighted by atomic mass is 127. The highest BCUT2D eigenvalue weighted by molar-refractivity contribution is 14.1. The Morgan fingerprint density at radius 3 is 1.70 bits per heavy atom. The summed E-state index contributed by atoms with van der Waals surface area (Å²) in [5, 5.41) is 21.8. The second-order valence-electron chi connectivity index (χ2n) is 11.5. The van der Waals surface area contributed by atoms with Crippen LogP contribution in [0.2, 0.25) is 0 Å². The van der Waals surface area contributed by atoms with Crippen molar-refractivity contribution in [2.45, 2.75) is 112 Å². The van der Waals surface area contributed by atoms with Gasteiger partial charge in [0, 0.05) is 16.5 Å². The van der Waals surface area contributed by atoms with E-state index in [0.717, 1.165) is 56.9 Å². The molecule has 43 heavy (non-hydrogen) atoms. The van der Waals surface area contributed by atoms with E-state index < -0.39 is 11.9 Å². The number of rotatable bonds is 19. The number of unbranched alkanes of at least 4 members (excludes halogenated alkanes) is 1. The Morgan fingerprint density at radius 1 is 0.698 bits per heavy atom. The molecule has 0 bridgehead atoms. The fourth-order valence-electron chi connectivity index (χ4n) is 4.24. The average Bonchev–Trinajstić information content (AvgIpc) is 2.94. The number of hydrogen-bond acceptors (Lipinski definition) is 5. The lowest BCUT2D eigenvalue weighted by molar-refractivity contribution is -0.148. The zero-order chi connectivity index (χ0) is 32.2. The van der Waals surface area contributed by atoms with Crippen LogP contribution in [0.4, 0.5) is 0 Å². The lowest BCUT2D eigenvalue weighted by Crippen LogP contribution is -2.28. The van der Waals surface area contributed by atoms with Crippen LogP contribution in [-0.4, -0.2) is 28.7 Å². The molecule has 1 rings (SSSR count). The lowest BCUT2D eigenvalue weighted by atomic mass is 10.0. The van der Waals surface area contributed by atoms with Gasteiger partial charge < -0.3 is 20.3 Å². The van der Waals surface area contributed by atoms with Crippen LogP contribution in [-0.2, 0) is 20.9 Å². The quantitative estimate of drug-likeness (QED) is 0.0438. The minimum absolute atomic E-state index is 0.156. The van der Waals surface area contributed by atoms with E-state index in [2.05, 4.69) is 70.3 Å². The molecule has 0 aromatic heterocycles. The first-order chi connectivity index (χ1) is 20.4. The van der Waals surface area contributed by atoms with Gasteiger partial charge in [0.25, 0.3) is 5.91 Å². The van der Waals surface area contributed by atoms with E-state index in [-0.39, 0.29) is 31.1 Å². The van der Waals surface area contributed by atoms with Crippen LogP contribution < -0.4 is 5.32 Å². The highest BCUT2D eigenvalue weighted by Gasteiger charge is 2.11. The van der Waals surface area contributed by atoms with Gasteiger partial charge in [0.2, 0.25) is 0 Å². The molecule has 0 aliphatic carbocycles. The molecular formula is C36H52INO5. The van der Waals surface area contributed by atoms with Gasteiger partial charge in [-0.1, -0.05) is 58.2 Å². The largest absolute Gasteiger partial charge is 0.504 e. The van der Waals surface area contributed by atoms with Gasteiger partial charge in [-0.25, -0.2) is 0 Å². The Labute approximate surface area is 273 Å². The molecule has 7 heteroatoms. The van der Waals surface area contributed by atoms with Crippen molar-refractivity contribution in [2.24, 2.45) is 0 Å². The summed E-state index contributed by atoms with van der Waals surface area (Å²) >= 11 is 2.01. The predicted octanol–water partition coefficient (Wildman–Crippen LogP) is 9.51. The normalized spacial score (nSPS) is 12.7. The molecule has 1 aromatic rings. The number of aromatic hydroxyl groups is 2. The van der Waals surface area contributed by atoms with Gasteiger partial charge in [-0.15, -0.1) is 0 Å². The number of phenols is 2. The molecular weight excluding hydrogens is 653 g/mol. The van der Waals surface area contributed by atoms with E-state index >= 15 is 0 Å². The molecule has 0 fully saturated rings. The number of carbonyl (C=O) groups excluding carboxylic acids is 2. The van der Waals surface area contributed by atoms with Crippen molar-refractivity contribution in [2.75, 3.05) is 6.61 Å². The summed E-state index contributed by atoms with van der Waals surface area (Å²) in [7, 11) is 0. The second kappa shape index (κ2) is 21.8. The topological polar surface area (TPSA) is 95.9 Å². The van der Waals surface area contributed by atoms with Crippen molar-refractivity contribution in [1.29, 1.82) is 0 Å². The molecule has 238 valence electrons. The summed E-state index contributed by atoms with van der Waals surface area (Å²) in [6, 6.07) is 2.81. The zero-order valence-electron chi connectivity index (χ0n) is 27.0. The van der Waals surface area contributed by atoms with Gasteiger partial charge in [0.1, 0.15) is 0 Å². The van der Waals surface area contributed by atoms with Gasteiger partial charge in [-0.2, -0.15) is 0 Å². The third-order valence-electron chi connectivity index (χ3n) is 7.01. The van der Waals surface area contributed by atoms with E-state index in [1.807, 2.05) is 29.5 Å². The standard InChI is InChI=1S/C36H52INO5/c1-26(2)12-9-15-29(5)18-10-16-27(3)13-7-8-14-28(4)17-11-19-30(6)20-21-36(42)43-25-35(41)38-24-31-22-33(39)34(40)23-32(31)37/h12-14,18-19,22-23,39-40H,7-11,15-17,20-21,24-25H2,1-6H3,(H,38,41). The Balaban J connectivity index is 2.23. The van der Waals surface area contributed by atoms with Crippen LogP contribution >= 0.6 is 22.6 Å². The molecule has 0 aliphatic rings. The molecule has 0 unspecified atom stereocenters. The van der Waals surface area contributed by atoms with Crippen molar-refractivity contribution in [3.8, 4) is 11.5 Å². The average molecular weight is 706 g/mol. The SMILES string of the molecule is CC(C)=CCCC(C)=CCCC(C)=CCCC=C(C)CCC=C(C)CCC(=O)OCC(=O)NCc1cc(O)c(O)cc1I. The van der Waals surface area contributed by atoms with Crippen LogP contribution in [0.15, 0.2) is 70.4 Å². The fraction of sp³-hybridized carbons (Fsp3) is 0.500. The molecule has 0 atom stereocenters. The van der Waals surface area contributed by atoms with Gasteiger partial charge in [0.15, 0.2) is 18.1 Å². The summed E-state index contributed by atoms with van der Waals surface area (Å²) in [5.74, 6) is -1.30. The first-order valence-corrected chi connectivity index (χ1v) is 16.3. The van der Waals surface area contributed by atoms with E-state index in [9.17, 15) is 19.8 Å². The van der Waals surface area contributed by atoms with Crippen LogP contribution in [0, 0.1) is 3.57 Å². The number of benzene rings is 1. The molecule has 0 aliphatic heterocycles. The van der Waals surface area contributed by atoms with E-state index in [0.29, 0.717) is 15.6 Å². The predicted molar refractivity (Wildman–Crippen MR) is 186 cm³/mol. The molecule has 0 spiro atoms. The zero-order valence-corrected chi connectivity index (χ0v) is 29.2. The van der Waals surface area contributed by atoms with Crippen molar-refractivity contribution in [3.63, 3.8) is 0 Å². The van der Waals surface area contributed by atoms with Gasteiger partial charge in [0.05, 0.1) is 0 Å². The van der Waals surface area contributed by atoms with Crippen molar-refractivity contribution in [3.05, 3.63) is 79.5 Å². The Morgan fingerprint density at radius 2 is 1.16 bits per heavy atom. The maximum Gasteiger partial charge on any atom is 0.306 e. The second-order valence-corrected chi connectivity index (χ2v) is 12.7. The number of ether oxygens (including phenoxy) is 1. The van der Waals surface area contributed by atoms with Gasteiger partial charge in [-0.05, 0) is 140 Å². The number of nitrogens with one attached hydrogen (secondary N) is 1. The molecule has 0 saturated heterocycles. The van der Waals surface area contributed by atoms with Crippen LogP contribution in [0.25, 0.3) is 0 Å². The summed E-state index contributed by atoms with van der Waals surface area (Å²) in [4.78, 5) is 24.1. The smallest absolute Gasteiger partial charge is 0.306 e. The summed E-state index contributed by atoms with van der Waals surface area (Å²) in [5.41, 5.74) is 7.51. The number of amides is 1. The molecule has 1 aromatic carbocycles. The maximum atomic E-state index is 12.1. The number of phenolic OH excluding ortho intramolecular Hbond substituents is 2. The Kier molecular flexibility index (Phi) is 19.4. The third-order valence-corrected chi connectivity index (χ3v) is 8.02. The van der Waals surface area contributed by atoms with Crippen molar-refractivity contribution < 1.29 is 24.5 Å². The van der Waals surface area contributed by atoms with E-state index in [1.165, 1.54) is 34.4 Å². The lowest BCUT2D eigenvalue weighted by Gasteiger charge is -2.09. The molecule has 6 nitrogen and oxygen atoms in total. The Hall–Kier alpha value is -2.81. The van der Waals surface area contributed by atoms with Crippen LogP contribution in [0.3, 0.4) is 0 Å². The van der Waals surface area contributed by atoms with E-state index in [4.69, 9.17) is 4.74 Å². The molecule has 1 amide bonds. The first-order valence-electron chi connectivity index (χ1n) is 15.3. The van der Waals surface area contributed by atoms with Crippen LogP contribution in [0.5, 0.6) is 11.5 Å². The highest BCUT2D eigenvalue weighted by Crippen LogP contribution is 2.29. The van der Waals surface area contributed by atoms with Gasteiger partial charge >= 0.3 is 5.97 Å². The summed E-state index contributed by atoms with van der Waals surface area (Å²) < 4.78 is 5.80. The minimum atomic E-state index is -0.426. The molecule has 3 N–H and O–H groups in total. The van der Waals surface area contributed by atoms with E-state index in [1.54, 1.807) is 0 Å². The van der Waals surface area contributed by atoms with Gasteiger partial charge in [-0.3, -0.25) is 9.59 Å². The first kappa shape index (κ1) is 38.2. The summed E-state index contributed by atoms with van der Waals surface area (Å²) in [6.07, 6.45) is 21.0. The number of carbonyl (C=O) groups is 2. The van der Waals surface area contributed by atoms with Crippen molar-refractivity contribution in [1.82, 2.24) is 5.32 Å². The molecule has 0 saturated carbocycles. The Bertz CT molecular complexity index is 1200. The number of halogens is 1. The summed E-state index contributed by atoms with van der Waals surface area (Å²) in [6.45, 7) is 12.8. The minimum Gasteiger partial charge on any atom is -0.504 e. The fourth-order valence-corrected chi connectivity index (χ4v) is 4.88. The number of esters is 1. The number of allylic oxidation sites excluding steroid dienone is 10. The maximum absolute atomic E-state index is 12.1. The molecule has 0 heterocycles.